The molecule has 2 atom stereocenters. The highest BCUT2D eigenvalue weighted by atomic mass is 35.5. The second kappa shape index (κ2) is 10.6. The van der Waals surface area contributed by atoms with E-state index in [1.807, 2.05) is 0 Å². The molecule has 0 saturated carbocycles. The molecular weight excluding hydrogens is 506 g/mol. The maximum Gasteiger partial charge on any atom is 0.431 e. The second-order valence-electron chi connectivity index (χ2n) is 7.02. The number of carbonyl (C=O) groups is 2. The fourth-order valence-electron chi connectivity index (χ4n) is 2.80. The lowest BCUT2D eigenvalue weighted by Crippen LogP contribution is -2.43. The van der Waals surface area contributed by atoms with Gasteiger partial charge in [-0.3, -0.25) is 14.2 Å². The van der Waals surface area contributed by atoms with Crippen molar-refractivity contribution in [1.82, 2.24) is 14.5 Å². The zero-order valence-corrected chi connectivity index (χ0v) is 19.9. The lowest BCUT2D eigenvalue weighted by Gasteiger charge is -2.18. The number of carbonyl (C=O) groups excluding carboxylic acids is 2. The minimum Gasteiger partial charge on any atom is -0.464 e. The van der Waals surface area contributed by atoms with Gasteiger partial charge in [0.25, 0.3) is 5.56 Å². The smallest absolute Gasteiger partial charge is 0.431 e. The Bertz CT molecular complexity index is 1230. The molecule has 14 heteroatoms. The van der Waals surface area contributed by atoms with Crippen molar-refractivity contribution in [3.8, 4) is 5.69 Å². The predicted molar refractivity (Wildman–Crippen MR) is 117 cm³/mol. The third kappa shape index (κ3) is 6.00. The molecule has 0 aliphatic carbocycles. The fourth-order valence-corrected chi connectivity index (χ4v) is 3.99. The van der Waals surface area contributed by atoms with Crippen LogP contribution in [0, 0.1) is 5.82 Å². The largest absolute Gasteiger partial charge is 0.464 e. The normalized spacial score (nSPS) is 13.3. The number of aromatic nitrogens is 2. The Labute approximate surface area is 199 Å². The van der Waals surface area contributed by atoms with Gasteiger partial charge in [-0.05, 0) is 32.9 Å². The van der Waals surface area contributed by atoms with Crippen molar-refractivity contribution in [3.05, 3.63) is 55.6 Å². The molecule has 2 aromatic rings. The molecule has 1 aromatic carbocycles. The molecule has 0 aliphatic heterocycles. The zero-order chi connectivity index (χ0) is 26.0. The van der Waals surface area contributed by atoms with Crippen molar-refractivity contribution in [2.24, 2.45) is 7.05 Å². The van der Waals surface area contributed by atoms with E-state index in [0.29, 0.717) is 0 Å². The number of alkyl halides is 3. The molecule has 1 amide bonds. The molecular formula is C20H20ClF4N3O5S. The van der Waals surface area contributed by atoms with E-state index in [2.05, 4.69) is 5.32 Å². The Morgan fingerprint density at radius 1 is 1.21 bits per heavy atom. The van der Waals surface area contributed by atoms with Crippen LogP contribution in [-0.4, -0.2) is 38.9 Å². The zero-order valence-electron chi connectivity index (χ0n) is 18.3. The number of hydrogen-bond donors (Lipinski definition) is 1. The highest BCUT2D eigenvalue weighted by Crippen LogP contribution is 2.34. The van der Waals surface area contributed by atoms with Gasteiger partial charge in [-0.2, -0.15) is 13.2 Å². The van der Waals surface area contributed by atoms with Crippen LogP contribution < -0.4 is 16.6 Å². The van der Waals surface area contributed by atoms with E-state index in [1.54, 1.807) is 6.92 Å². The summed E-state index contributed by atoms with van der Waals surface area (Å²) in [6, 6.07) is 0.990. The molecule has 0 spiro atoms. The van der Waals surface area contributed by atoms with Crippen LogP contribution in [0.1, 0.15) is 26.5 Å². The number of esters is 1. The number of hydrogen-bond acceptors (Lipinski definition) is 6. The fraction of sp³-hybridized carbons (Fsp3) is 0.400. The lowest BCUT2D eigenvalue weighted by atomic mass is 10.3. The Morgan fingerprint density at radius 2 is 1.82 bits per heavy atom. The van der Waals surface area contributed by atoms with Crippen molar-refractivity contribution < 1.29 is 31.9 Å². The van der Waals surface area contributed by atoms with Gasteiger partial charge < -0.3 is 10.1 Å². The molecule has 2 unspecified atom stereocenters. The van der Waals surface area contributed by atoms with E-state index in [-0.39, 0.29) is 31.7 Å². The number of thioether (sulfide) groups is 1. The van der Waals surface area contributed by atoms with E-state index >= 15 is 0 Å². The standard InChI is InChI=1S/C20H20ClF4N3O5S/c1-5-33-18(31)9(2)26-17(30)10(3)34-14-7-13(12(22)6-11(14)21)28-16(29)8-15(20(23,24)25)27(4)19(28)32/h6-10H,5H2,1-4H3,(H,26,30). The Balaban J connectivity index is 2.43. The summed E-state index contributed by atoms with van der Waals surface area (Å²) in [6.45, 7) is 4.61. The Kier molecular flexibility index (Phi) is 8.59. The maximum atomic E-state index is 14.6. The first-order valence-electron chi connectivity index (χ1n) is 9.72. The number of halogens is 5. The van der Waals surface area contributed by atoms with Gasteiger partial charge in [0.2, 0.25) is 5.91 Å². The van der Waals surface area contributed by atoms with Crippen molar-refractivity contribution >= 4 is 35.2 Å². The Morgan fingerprint density at radius 3 is 2.38 bits per heavy atom. The van der Waals surface area contributed by atoms with Gasteiger partial charge in [0.05, 0.1) is 22.6 Å². The summed E-state index contributed by atoms with van der Waals surface area (Å²) < 4.78 is 59.0. The summed E-state index contributed by atoms with van der Waals surface area (Å²) in [5.74, 6) is -2.37. The second-order valence-corrected chi connectivity index (χ2v) is 8.81. The maximum absolute atomic E-state index is 14.6. The van der Waals surface area contributed by atoms with Crippen LogP contribution in [0.25, 0.3) is 5.69 Å². The molecule has 1 N–H and O–H groups in total. The van der Waals surface area contributed by atoms with Crippen LogP contribution in [0.4, 0.5) is 17.6 Å². The topological polar surface area (TPSA) is 99.4 Å². The number of nitrogens with zero attached hydrogens (tertiary/aromatic N) is 2. The predicted octanol–water partition coefficient (Wildman–Crippen LogP) is 2.90. The minimum absolute atomic E-state index is 0.0679. The van der Waals surface area contributed by atoms with E-state index in [0.717, 1.165) is 30.9 Å². The minimum atomic E-state index is -4.98. The molecule has 1 aromatic heterocycles. The lowest BCUT2D eigenvalue weighted by molar-refractivity contribution is -0.146. The molecule has 186 valence electrons. The van der Waals surface area contributed by atoms with Crippen molar-refractivity contribution in [2.45, 2.75) is 43.1 Å². The number of benzene rings is 1. The third-order valence-corrected chi connectivity index (χ3v) is 6.11. The molecule has 0 fully saturated rings. The summed E-state index contributed by atoms with van der Waals surface area (Å²) in [6.07, 6.45) is -4.98. The quantitative estimate of drug-likeness (QED) is 0.339. The van der Waals surface area contributed by atoms with Gasteiger partial charge in [-0.25, -0.2) is 18.5 Å². The molecule has 2 rings (SSSR count). The molecule has 0 aliphatic rings. The summed E-state index contributed by atoms with van der Waals surface area (Å²) in [5.41, 5.74) is -4.96. The number of rotatable bonds is 7. The highest BCUT2D eigenvalue weighted by molar-refractivity contribution is 8.00. The van der Waals surface area contributed by atoms with Crippen LogP contribution in [0.2, 0.25) is 5.02 Å². The van der Waals surface area contributed by atoms with Gasteiger partial charge in [0.1, 0.15) is 17.6 Å². The first kappa shape index (κ1) is 27.4. The number of amides is 1. The summed E-state index contributed by atoms with van der Waals surface area (Å²) in [4.78, 5) is 49.0. The summed E-state index contributed by atoms with van der Waals surface area (Å²) in [7, 11) is 0.793. The average molecular weight is 526 g/mol. The van der Waals surface area contributed by atoms with E-state index in [4.69, 9.17) is 16.3 Å². The molecule has 0 bridgehead atoms. The van der Waals surface area contributed by atoms with Crippen molar-refractivity contribution in [1.29, 1.82) is 0 Å². The first-order valence-corrected chi connectivity index (χ1v) is 11.0. The van der Waals surface area contributed by atoms with Crippen LogP contribution in [0.3, 0.4) is 0 Å². The Hall–Kier alpha value is -2.80. The van der Waals surface area contributed by atoms with Crippen molar-refractivity contribution in [2.75, 3.05) is 6.61 Å². The molecule has 34 heavy (non-hydrogen) atoms. The third-order valence-electron chi connectivity index (χ3n) is 4.52. The molecule has 0 saturated heterocycles. The van der Waals surface area contributed by atoms with Crippen LogP contribution in [0.5, 0.6) is 0 Å². The average Bonchev–Trinajstić information content (AvgIpc) is 2.72. The van der Waals surface area contributed by atoms with Crippen LogP contribution >= 0.6 is 23.4 Å². The van der Waals surface area contributed by atoms with Gasteiger partial charge in [0.15, 0.2) is 0 Å². The van der Waals surface area contributed by atoms with Gasteiger partial charge in [-0.1, -0.05) is 11.6 Å². The number of nitrogens with one attached hydrogen (secondary N) is 1. The number of ether oxygens (including phenoxy) is 1. The monoisotopic (exact) mass is 525 g/mol. The van der Waals surface area contributed by atoms with Gasteiger partial charge in [0, 0.05) is 18.0 Å². The van der Waals surface area contributed by atoms with Crippen LogP contribution in [-0.2, 0) is 27.5 Å². The van der Waals surface area contributed by atoms with Crippen molar-refractivity contribution in [3.63, 3.8) is 0 Å². The molecule has 8 nitrogen and oxygen atoms in total. The highest BCUT2D eigenvalue weighted by Gasteiger charge is 2.35. The summed E-state index contributed by atoms with van der Waals surface area (Å²) >= 11 is 6.86. The van der Waals surface area contributed by atoms with Crippen LogP contribution in [0.15, 0.2) is 32.7 Å². The van der Waals surface area contributed by atoms with Gasteiger partial charge >= 0.3 is 17.8 Å². The van der Waals surface area contributed by atoms with E-state index in [9.17, 15) is 36.7 Å². The van der Waals surface area contributed by atoms with E-state index < -0.39 is 57.8 Å². The molecule has 0 radical (unpaired) electrons. The molecule has 1 heterocycles. The summed E-state index contributed by atoms with van der Waals surface area (Å²) in [5, 5.41) is 1.40. The first-order chi connectivity index (χ1) is 15.7. The van der Waals surface area contributed by atoms with E-state index in [1.165, 1.54) is 13.8 Å². The van der Waals surface area contributed by atoms with Gasteiger partial charge in [-0.15, -0.1) is 11.8 Å². The SMILES string of the molecule is CCOC(=O)C(C)NC(=O)C(C)Sc1cc(-n2c(=O)cc(C(F)(F)F)n(C)c2=O)c(F)cc1Cl.